The van der Waals surface area contributed by atoms with E-state index in [9.17, 15) is 9.90 Å². The van der Waals surface area contributed by atoms with Crippen molar-refractivity contribution in [3.8, 4) is 5.75 Å². The summed E-state index contributed by atoms with van der Waals surface area (Å²) >= 11 is 0. The van der Waals surface area contributed by atoms with E-state index < -0.39 is 0 Å². The molecule has 0 fully saturated rings. The Morgan fingerprint density at radius 1 is 1.22 bits per heavy atom. The third-order valence-corrected chi connectivity index (χ3v) is 2.83. The molecule has 1 N–H and O–H groups in total. The number of phenols is 1. The fraction of sp³-hybridized carbons (Fsp3) is 0.500. The van der Waals surface area contributed by atoms with Crippen LogP contribution in [0.2, 0.25) is 0 Å². The second-order valence-corrected chi connectivity index (χ2v) is 5.02. The van der Waals surface area contributed by atoms with Crippen LogP contribution in [0.4, 0.5) is 0 Å². The first kappa shape index (κ1) is 14.5. The zero-order chi connectivity index (χ0) is 13.7. The largest absolute Gasteiger partial charge is 0.508 e. The van der Waals surface area contributed by atoms with Crippen molar-refractivity contribution in [2.75, 3.05) is 34.7 Å². The highest BCUT2D eigenvalue weighted by atomic mass is 16.3. The van der Waals surface area contributed by atoms with E-state index in [1.807, 2.05) is 31.1 Å². The predicted octanol–water partition coefficient (Wildman–Crippen LogP) is 1.20. The molecule has 0 aliphatic rings. The summed E-state index contributed by atoms with van der Waals surface area (Å²) in [7, 11) is 7.41. The van der Waals surface area contributed by atoms with Gasteiger partial charge in [0.1, 0.15) is 5.75 Å². The molecule has 0 aromatic heterocycles. The number of hydrogen-bond donors (Lipinski definition) is 1. The van der Waals surface area contributed by atoms with Gasteiger partial charge in [0.2, 0.25) is 5.91 Å². The maximum atomic E-state index is 12.1. The van der Waals surface area contributed by atoms with Gasteiger partial charge in [0, 0.05) is 20.6 Å². The maximum Gasteiger partial charge on any atom is 0.226 e. The Morgan fingerprint density at radius 2 is 1.83 bits per heavy atom. The minimum atomic E-state index is -0.136. The summed E-state index contributed by atoms with van der Waals surface area (Å²) in [6.07, 6.45) is 0.557. The number of hydrogen-bond acceptors (Lipinski definition) is 3. The lowest BCUT2D eigenvalue weighted by molar-refractivity contribution is -0.133. The van der Waals surface area contributed by atoms with Crippen molar-refractivity contribution in [1.82, 2.24) is 9.80 Å². The van der Waals surface area contributed by atoms with Crippen molar-refractivity contribution >= 4 is 5.91 Å². The molecule has 1 unspecified atom stereocenters. The molecule has 1 atom stereocenters. The van der Waals surface area contributed by atoms with E-state index in [1.165, 1.54) is 0 Å². The van der Waals surface area contributed by atoms with E-state index >= 15 is 0 Å². The van der Waals surface area contributed by atoms with Crippen LogP contribution in [0.5, 0.6) is 5.75 Å². The number of nitrogens with zero attached hydrogens (tertiary/aromatic N) is 2. The zero-order valence-electron chi connectivity index (χ0n) is 11.6. The standard InChI is InChI=1S/C14H22N2O2/c1-15(2)10-12(14(18)16(3)4)9-11-7-5-6-8-13(11)17/h5-8,12,17H,9-10H2,1-4H3. The van der Waals surface area contributed by atoms with Crippen LogP contribution in [0, 0.1) is 5.92 Å². The first-order valence-electron chi connectivity index (χ1n) is 6.04. The number of phenolic OH excluding ortho intramolecular Hbond substituents is 1. The van der Waals surface area contributed by atoms with Crippen molar-refractivity contribution in [1.29, 1.82) is 0 Å². The van der Waals surface area contributed by atoms with E-state index in [4.69, 9.17) is 0 Å². The number of aromatic hydroxyl groups is 1. The normalized spacial score (nSPS) is 12.5. The van der Waals surface area contributed by atoms with Crippen molar-refractivity contribution < 1.29 is 9.90 Å². The molecular formula is C14H22N2O2. The average molecular weight is 250 g/mol. The smallest absolute Gasteiger partial charge is 0.226 e. The van der Waals surface area contributed by atoms with Crippen LogP contribution in [-0.2, 0) is 11.2 Å². The van der Waals surface area contributed by atoms with Gasteiger partial charge in [-0.1, -0.05) is 18.2 Å². The summed E-state index contributed by atoms with van der Waals surface area (Å²) in [5.74, 6) is 0.211. The van der Waals surface area contributed by atoms with Crippen molar-refractivity contribution in [2.24, 2.45) is 5.92 Å². The molecule has 1 aromatic carbocycles. The number of benzene rings is 1. The van der Waals surface area contributed by atoms with Crippen LogP contribution in [0.15, 0.2) is 24.3 Å². The highest BCUT2D eigenvalue weighted by Gasteiger charge is 2.22. The van der Waals surface area contributed by atoms with E-state index in [2.05, 4.69) is 0 Å². The summed E-state index contributed by atoms with van der Waals surface area (Å²) in [5, 5.41) is 9.78. The molecule has 0 saturated heterocycles. The molecule has 0 bridgehead atoms. The number of carbonyl (C=O) groups excluding carboxylic acids is 1. The summed E-state index contributed by atoms with van der Waals surface area (Å²) in [6, 6.07) is 7.18. The molecule has 0 spiro atoms. The fourth-order valence-electron chi connectivity index (χ4n) is 1.98. The minimum absolute atomic E-state index is 0.0898. The lowest BCUT2D eigenvalue weighted by Crippen LogP contribution is -2.37. The first-order valence-corrected chi connectivity index (χ1v) is 6.04. The van der Waals surface area contributed by atoms with Gasteiger partial charge in [-0.3, -0.25) is 4.79 Å². The van der Waals surface area contributed by atoms with Crippen molar-refractivity contribution in [3.05, 3.63) is 29.8 Å². The van der Waals surface area contributed by atoms with Gasteiger partial charge in [-0.25, -0.2) is 0 Å². The van der Waals surface area contributed by atoms with Gasteiger partial charge in [-0.05, 0) is 32.1 Å². The number of amides is 1. The predicted molar refractivity (Wildman–Crippen MR) is 72.5 cm³/mol. The van der Waals surface area contributed by atoms with E-state index in [-0.39, 0.29) is 17.6 Å². The number of carbonyl (C=O) groups is 1. The third-order valence-electron chi connectivity index (χ3n) is 2.83. The Balaban J connectivity index is 2.85. The van der Waals surface area contributed by atoms with Crippen LogP contribution in [0.3, 0.4) is 0 Å². The Hall–Kier alpha value is -1.55. The average Bonchev–Trinajstić information content (AvgIpc) is 2.29. The van der Waals surface area contributed by atoms with E-state index in [0.717, 1.165) is 5.56 Å². The SMILES string of the molecule is CN(C)CC(Cc1ccccc1O)C(=O)N(C)C. The van der Waals surface area contributed by atoms with Crippen LogP contribution in [0.25, 0.3) is 0 Å². The van der Waals surface area contributed by atoms with Crippen LogP contribution in [-0.4, -0.2) is 55.5 Å². The molecule has 100 valence electrons. The molecule has 0 radical (unpaired) electrons. The lowest BCUT2D eigenvalue weighted by Gasteiger charge is -2.23. The Kier molecular flexibility index (Phi) is 5.16. The van der Waals surface area contributed by atoms with Crippen LogP contribution in [0.1, 0.15) is 5.56 Å². The molecule has 0 heterocycles. The molecule has 4 heteroatoms. The highest BCUT2D eigenvalue weighted by Crippen LogP contribution is 2.20. The second kappa shape index (κ2) is 6.40. The van der Waals surface area contributed by atoms with E-state index in [0.29, 0.717) is 13.0 Å². The van der Waals surface area contributed by atoms with Gasteiger partial charge in [-0.15, -0.1) is 0 Å². The van der Waals surface area contributed by atoms with Crippen molar-refractivity contribution in [3.63, 3.8) is 0 Å². The van der Waals surface area contributed by atoms with Gasteiger partial charge >= 0.3 is 0 Å². The van der Waals surface area contributed by atoms with Gasteiger partial charge in [0.25, 0.3) is 0 Å². The minimum Gasteiger partial charge on any atom is -0.508 e. The molecule has 0 saturated carbocycles. The summed E-state index contributed by atoms with van der Waals surface area (Å²) in [4.78, 5) is 15.7. The Bertz CT molecular complexity index is 403. The Labute approximate surface area is 109 Å². The molecule has 0 aliphatic carbocycles. The second-order valence-electron chi connectivity index (χ2n) is 5.02. The topological polar surface area (TPSA) is 43.8 Å². The lowest BCUT2D eigenvalue weighted by atomic mass is 9.97. The van der Waals surface area contributed by atoms with Gasteiger partial charge in [0.15, 0.2) is 0 Å². The monoisotopic (exact) mass is 250 g/mol. The van der Waals surface area contributed by atoms with E-state index in [1.54, 1.807) is 31.1 Å². The Morgan fingerprint density at radius 3 is 2.33 bits per heavy atom. The number of para-hydroxylation sites is 1. The molecule has 4 nitrogen and oxygen atoms in total. The molecule has 1 rings (SSSR count). The van der Waals surface area contributed by atoms with Crippen LogP contribution >= 0.6 is 0 Å². The van der Waals surface area contributed by atoms with Gasteiger partial charge < -0.3 is 14.9 Å². The van der Waals surface area contributed by atoms with Crippen molar-refractivity contribution in [2.45, 2.75) is 6.42 Å². The fourth-order valence-corrected chi connectivity index (χ4v) is 1.98. The summed E-state index contributed by atoms with van der Waals surface area (Å²) in [6.45, 7) is 0.672. The van der Waals surface area contributed by atoms with Crippen LogP contribution < -0.4 is 0 Å². The maximum absolute atomic E-state index is 12.1. The third kappa shape index (κ3) is 4.04. The van der Waals surface area contributed by atoms with Gasteiger partial charge in [-0.2, -0.15) is 0 Å². The molecule has 0 aliphatic heterocycles. The van der Waals surface area contributed by atoms with Gasteiger partial charge in [0.05, 0.1) is 5.92 Å². The first-order chi connectivity index (χ1) is 8.41. The molecule has 18 heavy (non-hydrogen) atoms. The molecular weight excluding hydrogens is 228 g/mol. The quantitative estimate of drug-likeness (QED) is 0.854. The highest BCUT2D eigenvalue weighted by molar-refractivity contribution is 5.79. The zero-order valence-corrected chi connectivity index (χ0v) is 11.6. The molecule has 1 aromatic rings. The number of rotatable bonds is 5. The summed E-state index contributed by atoms with van der Waals surface area (Å²) in [5.41, 5.74) is 0.819. The molecule has 1 amide bonds. The summed E-state index contributed by atoms with van der Waals surface area (Å²) < 4.78 is 0.